The van der Waals surface area contributed by atoms with E-state index in [0.717, 1.165) is 28.8 Å². The molecular formula is C26H27BrN2O3S. The van der Waals surface area contributed by atoms with E-state index < -0.39 is 0 Å². The van der Waals surface area contributed by atoms with E-state index in [9.17, 15) is 4.79 Å². The van der Waals surface area contributed by atoms with E-state index in [4.69, 9.17) is 21.7 Å². The van der Waals surface area contributed by atoms with Gasteiger partial charge in [-0.25, -0.2) is 0 Å². The highest BCUT2D eigenvalue weighted by molar-refractivity contribution is 9.10. The van der Waals surface area contributed by atoms with Crippen LogP contribution in [0, 0.1) is 0 Å². The van der Waals surface area contributed by atoms with E-state index in [2.05, 4.69) is 33.5 Å². The van der Waals surface area contributed by atoms with Crippen LogP contribution in [0.5, 0.6) is 11.5 Å². The Morgan fingerprint density at radius 2 is 1.79 bits per heavy atom. The van der Waals surface area contributed by atoms with E-state index in [1.54, 1.807) is 12.1 Å². The number of rotatable bonds is 9. The summed E-state index contributed by atoms with van der Waals surface area (Å²) in [5.74, 6) is 0.942. The number of carbonyl (C=O) groups excluding carboxylic acids is 1. The summed E-state index contributed by atoms with van der Waals surface area (Å²) in [6.07, 6.45) is 1.83. The van der Waals surface area contributed by atoms with E-state index in [-0.39, 0.29) is 17.1 Å². The van der Waals surface area contributed by atoms with Gasteiger partial charge in [0.15, 0.2) is 5.11 Å². The van der Waals surface area contributed by atoms with Crippen molar-refractivity contribution in [1.82, 2.24) is 5.32 Å². The predicted molar refractivity (Wildman–Crippen MR) is 140 cm³/mol. The number of hydrogen-bond acceptors (Lipinski definition) is 4. The summed E-state index contributed by atoms with van der Waals surface area (Å²) in [6, 6.07) is 22.8. The van der Waals surface area contributed by atoms with Crippen LogP contribution in [0.25, 0.3) is 0 Å². The number of amides is 1. The monoisotopic (exact) mass is 526 g/mol. The summed E-state index contributed by atoms with van der Waals surface area (Å²) in [5, 5.41) is 5.95. The van der Waals surface area contributed by atoms with Crippen molar-refractivity contribution in [2.75, 3.05) is 11.9 Å². The lowest BCUT2D eigenvalue weighted by Gasteiger charge is -2.15. The number of halogens is 1. The highest BCUT2D eigenvalue weighted by Gasteiger charge is 2.15. The molecule has 0 fully saturated rings. The Labute approximate surface area is 208 Å². The Balaban J connectivity index is 1.58. The number of carbonyl (C=O) groups is 1. The fraction of sp³-hybridized carbons (Fsp3) is 0.231. The zero-order chi connectivity index (χ0) is 23.6. The number of thiocarbonyl (C=S) groups is 1. The Morgan fingerprint density at radius 3 is 2.48 bits per heavy atom. The van der Waals surface area contributed by atoms with Gasteiger partial charge in [0.2, 0.25) is 0 Å². The predicted octanol–water partition coefficient (Wildman–Crippen LogP) is 6.37. The van der Waals surface area contributed by atoms with E-state index in [1.165, 1.54) is 5.56 Å². The van der Waals surface area contributed by atoms with Crippen molar-refractivity contribution in [1.29, 1.82) is 0 Å². The molecule has 0 spiro atoms. The van der Waals surface area contributed by atoms with Gasteiger partial charge in [-0.05, 0) is 73.6 Å². The molecule has 0 aromatic heterocycles. The zero-order valence-corrected chi connectivity index (χ0v) is 21.0. The standard InChI is InChI=1S/C26H27BrN2O3S/c1-3-18(2)32-22-12-10-21(11-13-22)28-26(33)29-25(30)23-17-20(27)9-14-24(23)31-16-15-19-7-5-4-6-8-19/h4-14,17-18H,3,15-16H2,1-2H3,(H2,28,29,30,33). The van der Waals surface area contributed by atoms with Gasteiger partial charge in [-0.2, -0.15) is 0 Å². The molecule has 3 aromatic carbocycles. The summed E-state index contributed by atoms with van der Waals surface area (Å²) in [6.45, 7) is 4.56. The van der Waals surface area contributed by atoms with Crippen molar-refractivity contribution < 1.29 is 14.3 Å². The Bertz CT molecular complexity index is 1070. The molecule has 1 unspecified atom stereocenters. The third-order valence-electron chi connectivity index (χ3n) is 4.93. The number of ether oxygens (including phenoxy) is 2. The topological polar surface area (TPSA) is 59.6 Å². The van der Waals surface area contributed by atoms with Gasteiger partial charge in [-0.3, -0.25) is 10.1 Å². The van der Waals surface area contributed by atoms with Crippen molar-refractivity contribution >= 4 is 44.9 Å². The second kappa shape index (κ2) is 12.4. The van der Waals surface area contributed by atoms with Gasteiger partial charge in [-0.15, -0.1) is 0 Å². The summed E-state index contributed by atoms with van der Waals surface area (Å²) >= 11 is 8.76. The van der Waals surface area contributed by atoms with Gasteiger partial charge in [0.05, 0.1) is 18.3 Å². The van der Waals surface area contributed by atoms with Crippen molar-refractivity contribution in [3.05, 3.63) is 88.4 Å². The minimum atomic E-state index is -0.347. The first kappa shape index (κ1) is 24.7. The molecule has 5 nitrogen and oxygen atoms in total. The maximum absolute atomic E-state index is 12.9. The highest BCUT2D eigenvalue weighted by Crippen LogP contribution is 2.24. The van der Waals surface area contributed by atoms with Crippen molar-refractivity contribution in [3.8, 4) is 11.5 Å². The van der Waals surface area contributed by atoms with Gasteiger partial charge in [-0.1, -0.05) is 53.2 Å². The number of anilines is 1. The molecule has 1 amide bonds. The molecular weight excluding hydrogens is 500 g/mol. The quantitative estimate of drug-likeness (QED) is 0.317. The van der Waals surface area contributed by atoms with E-state index in [0.29, 0.717) is 17.9 Å². The normalized spacial score (nSPS) is 11.4. The lowest BCUT2D eigenvalue weighted by molar-refractivity contribution is 0.0973. The second-order valence-corrected chi connectivity index (χ2v) is 8.82. The first-order valence-corrected chi connectivity index (χ1v) is 12.0. The molecule has 172 valence electrons. The number of hydrogen-bond donors (Lipinski definition) is 2. The van der Waals surface area contributed by atoms with Crippen molar-refractivity contribution in [2.45, 2.75) is 32.8 Å². The van der Waals surface area contributed by atoms with Crippen LogP contribution in [-0.4, -0.2) is 23.7 Å². The first-order chi connectivity index (χ1) is 15.9. The highest BCUT2D eigenvalue weighted by atomic mass is 79.9. The van der Waals surface area contributed by atoms with Crippen LogP contribution in [-0.2, 0) is 6.42 Å². The molecule has 0 aliphatic rings. The lowest BCUT2D eigenvalue weighted by Crippen LogP contribution is -2.34. The second-order valence-electron chi connectivity index (χ2n) is 7.49. The molecule has 0 aliphatic heterocycles. The zero-order valence-electron chi connectivity index (χ0n) is 18.6. The van der Waals surface area contributed by atoms with Crippen molar-refractivity contribution in [3.63, 3.8) is 0 Å². The maximum Gasteiger partial charge on any atom is 0.261 e. The van der Waals surface area contributed by atoms with E-state index >= 15 is 0 Å². The molecule has 0 aliphatic carbocycles. The molecule has 3 rings (SSSR count). The van der Waals surface area contributed by atoms with Crippen molar-refractivity contribution in [2.24, 2.45) is 0 Å². The van der Waals surface area contributed by atoms with Gasteiger partial charge in [0, 0.05) is 16.6 Å². The summed E-state index contributed by atoms with van der Waals surface area (Å²) in [7, 11) is 0. The summed E-state index contributed by atoms with van der Waals surface area (Å²) in [5.41, 5.74) is 2.33. The fourth-order valence-electron chi connectivity index (χ4n) is 2.99. The van der Waals surface area contributed by atoms with Crippen LogP contribution in [0.3, 0.4) is 0 Å². The summed E-state index contributed by atoms with van der Waals surface area (Å²) < 4.78 is 12.5. The smallest absolute Gasteiger partial charge is 0.261 e. The van der Waals surface area contributed by atoms with Crippen LogP contribution in [0.4, 0.5) is 5.69 Å². The molecule has 33 heavy (non-hydrogen) atoms. The Morgan fingerprint density at radius 1 is 1.06 bits per heavy atom. The molecule has 1 atom stereocenters. The maximum atomic E-state index is 12.9. The third kappa shape index (κ3) is 7.87. The SMILES string of the molecule is CCC(C)Oc1ccc(NC(=S)NC(=O)c2cc(Br)ccc2OCCc2ccccc2)cc1. The van der Waals surface area contributed by atoms with Gasteiger partial charge < -0.3 is 14.8 Å². The Hall–Kier alpha value is -2.90. The van der Waals surface area contributed by atoms with Crippen LogP contribution in [0.2, 0.25) is 0 Å². The molecule has 0 saturated heterocycles. The number of nitrogens with one attached hydrogen (secondary N) is 2. The average Bonchev–Trinajstić information content (AvgIpc) is 2.81. The summed E-state index contributed by atoms with van der Waals surface area (Å²) in [4.78, 5) is 12.9. The van der Waals surface area contributed by atoms with Crippen LogP contribution in [0.1, 0.15) is 36.2 Å². The lowest BCUT2D eigenvalue weighted by atomic mass is 10.1. The molecule has 2 N–H and O–H groups in total. The van der Waals surface area contributed by atoms with E-state index in [1.807, 2.05) is 67.6 Å². The molecule has 0 bridgehead atoms. The van der Waals surface area contributed by atoms with Gasteiger partial charge in [0.1, 0.15) is 11.5 Å². The Kier molecular flexibility index (Phi) is 9.27. The molecule has 7 heteroatoms. The first-order valence-electron chi connectivity index (χ1n) is 10.8. The third-order valence-corrected chi connectivity index (χ3v) is 5.63. The fourth-order valence-corrected chi connectivity index (χ4v) is 3.57. The molecule has 0 heterocycles. The minimum absolute atomic E-state index is 0.151. The number of benzene rings is 3. The van der Waals surface area contributed by atoms with Crippen LogP contribution < -0.4 is 20.1 Å². The minimum Gasteiger partial charge on any atom is -0.492 e. The van der Waals surface area contributed by atoms with Gasteiger partial charge >= 0.3 is 0 Å². The molecule has 0 radical (unpaired) electrons. The van der Waals surface area contributed by atoms with Gasteiger partial charge in [0.25, 0.3) is 5.91 Å². The molecule has 0 saturated carbocycles. The average molecular weight is 527 g/mol. The largest absolute Gasteiger partial charge is 0.492 e. The molecule has 3 aromatic rings. The van der Waals surface area contributed by atoms with Crippen LogP contribution in [0.15, 0.2) is 77.3 Å². The van der Waals surface area contributed by atoms with Crippen LogP contribution >= 0.6 is 28.1 Å².